The normalized spacial score (nSPS) is 19.6. The van der Waals surface area contributed by atoms with Crippen molar-refractivity contribution < 1.29 is 19.2 Å². The Bertz CT molecular complexity index is 1070. The van der Waals surface area contributed by atoms with E-state index in [1.54, 1.807) is 12.1 Å². The second-order valence-electron chi connectivity index (χ2n) is 7.91. The Morgan fingerprint density at radius 1 is 1.19 bits per heavy atom. The third-order valence-electron chi connectivity index (χ3n) is 5.91. The van der Waals surface area contributed by atoms with Crippen LogP contribution in [-0.4, -0.2) is 66.6 Å². The largest absolute Gasteiger partial charge is 0.497 e. The number of quaternary nitrogens is 1. The van der Waals surface area contributed by atoms with E-state index in [1.165, 1.54) is 4.90 Å². The highest BCUT2D eigenvalue weighted by molar-refractivity contribution is 6.03. The van der Waals surface area contributed by atoms with Crippen molar-refractivity contribution in [2.45, 2.75) is 12.5 Å². The number of methoxy groups -OCH3 is 1. The van der Waals surface area contributed by atoms with Gasteiger partial charge < -0.3 is 19.4 Å². The lowest BCUT2D eigenvalue weighted by molar-refractivity contribution is -0.900. The Hall–Kier alpha value is -3.23. The molecule has 3 heterocycles. The van der Waals surface area contributed by atoms with Gasteiger partial charge in [-0.15, -0.1) is 0 Å². The van der Waals surface area contributed by atoms with Gasteiger partial charge in [0.1, 0.15) is 30.7 Å². The fourth-order valence-electron chi connectivity index (χ4n) is 4.17. The number of morpholine rings is 1. The molecular formula is C23H26N5O3+. The van der Waals surface area contributed by atoms with E-state index in [2.05, 4.69) is 4.98 Å². The minimum Gasteiger partial charge on any atom is -0.497 e. The highest BCUT2D eigenvalue weighted by atomic mass is 16.5. The van der Waals surface area contributed by atoms with Crippen LogP contribution in [0.4, 0.5) is 0 Å². The molecule has 2 aliphatic rings. The molecule has 0 unspecified atom stereocenters. The van der Waals surface area contributed by atoms with E-state index in [9.17, 15) is 4.79 Å². The lowest BCUT2D eigenvalue weighted by atomic mass is 10.0. The number of aromatic nitrogens is 2. The fraction of sp³-hybridized carbons (Fsp3) is 0.348. The predicted molar refractivity (Wildman–Crippen MR) is 116 cm³/mol. The van der Waals surface area contributed by atoms with Crippen molar-refractivity contribution in [3.63, 3.8) is 0 Å². The molecule has 3 aromatic rings. The number of H-pyrrole nitrogens is 1. The number of carbonyl (C=O) groups is 1. The average Bonchev–Trinajstić information content (AvgIpc) is 3.44. The van der Waals surface area contributed by atoms with E-state index in [1.807, 2.05) is 48.5 Å². The van der Waals surface area contributed by atoms with Gasteiger partial charge in [0, 0.05) is 6.42 Å². The number of benzene rings is 2. The van der Waals surface area contributed by atoms with E-state index in [0.717, 1.165) is 47.0 Å². The van der Waals surface area contributed by atoms with Crippen LogP contribution in [-0.2, 0) is 9.53 Å². The van der Waals surface area contributed by atoms with Gasteiger partial charge in [-0.25, -0.2) is 9.99 Å². The number of hydrogen-bond acceptors (Lipinski definition) is 5. The van der Waals surface area contributed by atoms with Crippen LogP contribution in [0.15, 0.2) is 53.6 Å². The average molecular weight is 420 g/mol. The lowest BCUT2D eigenvalue weighted by Crippen LogP contribution is -3.15. The second-order valence-corrected chi connectivity index (χ2v) is 7.91. The maximum absolute atomic E-state index is 13.3. The summed E-state index contributed by atoms with van der Waals surface area (Å²) < 4.78 is 10.7. The van der Waals surface area contributed by atoms with Gasteiger partial charge in [0.2, 0.25) is 0 Å². The molecule has 1 atom stereocenters. The molecule has 1 saturated heterocycles. The number of nitrogens with zero attached hydrogens (tertiary/aromatic N) is 3. The monoisotopic (exact) mass is 420 g/mol. The van der Waals surface area contributed by atoms with Crippen LogP contribution in [0.5, 0.6) is 5.75 Å². The summed E-state index contributed by atoms with van der Waals surface area (Å²) in [7, 11) is 1.65. The molecule has 8 heteroatoms. The minimum absolute atomic E-state index is 0.00543. The molecule has 0 aliphatic carbocycles. The maximum Gasteiger partial charge on any atom is 0.298 e. The number of hydrogen-bond donors (Lipinski definition) is 2. The van der Waals surface area contributed by atoms with Gasteiger partial charge in [0.25, 0.3) is 5.91 Å². The molecule has 160 valence electrons. The van der Waals surface area contributed by atoms with Gasteiger partial charge in [-0.05, 0) is 42.0 Å². The lowest BCUT2D eigenvalue weighted by Gasteiger charge is -2.26. The van der Waals surface area contributed by atoms with E-state index < -0.39 is 0 Å². The summed E-state index contributed by atoms with van der Waals surface area (Å²) in [5.74, 6) is 1.56. The standard InChI is InChI=1S/C23H25N5O3/c1-30-17-8-6-16(7-9-17)20-14-21(23-24-18-4-2-3-5-19(18)25-23)28(26-20)22(29)15-27-10-12-31-13-11-27/h2-9,21H,10-15H2,1H3,(H,24,25)/p+1/t21-/m1/s1. The number of carbonyl (C=O) groups excluding carboxylic acids is 1. The smallest absolute Gasteiger partial charge is 0.298 e. The maximum atomic E-state index is 13.3. The predicted octanol–water partition coefficient (Wildman–Crippen LogP) is 1.16. The van der Waals surface area contributed by atoms with Crippen LogP contribution < -0.4 is 9.64 Å². The molecule has 2 N–H and O–H groups in total. The van der Waals surface area contributed by atoms with Crippen molar-refractivity contribution >= 4 is 22.7 Å². The van der Waals surface area contributed by atoms with E-state index in [0.29, 0.717) is 26.2 Å². The molecule has 1 amide bonds. The third kappa shape index (κ3) is 4.04. The Balaban J connectivity index is 1.45. The van der Waals surface area contributed by atoms with Crippen molar-refractivity contribution in [2.24, 2.45) is 5.10 Å². The molecule has 0 radical (unpaired) electrons. The fourth-order valence-corrected chi connectivity index (χ4v) is 4.17. The first-order chi connectivity index (χ1) is 15.2. The SMILES string of the molecule is COc1ccc(C2=NN(C(=O)C[NH+]3CCOCC3)[C@@H](c3nc4ccccc4[nH]3)C2)cc1. The van der Waals surface area contributed by atoms with Crippen LogP contribution in [0.1, 0.15) is 23.9 Å². The molecule has 2 aromatic carbocycles. The van der Waals surface area contributed by atoms with Crippen LogP contribution in [0.2, 0.25) is 0 Å². The van der Waals surface area contributed by atoms with E-state index in [-0.39, 0.29) is 11.9 Å². The summed E-state index contributed by atoms with van der Waals surface area (Å²) in [6, 6.07) is 15.4. The first kappa shape index (κ1) is 19.7. The highest BCUT2D eigenvalue weighted by Crippen LogP contribution is 2.32. The zero-order valence-corrected chi connectivity index (χ0v) is 17.5. The van der Waals surface area contributed by atoms with Crippen molar-refractivity contribution in [3.8, 4) is 5.75 Å². The second kappa shape index (κ2) is 8.49. The van der Waals surface area contributed by atoms with Crippen molar-refractivity contribution in [1.82, 2.24) is 15.0 Å². The number of rotatable bonds is 5. The number of aromatic amines is 1. The summed E-state index contributed by atoms with van der Waals surface area (Å²) in [5.41, 5.74) is 3.71. The van der Waals surface area contributed by atoms with Crippen LogP contribution in [0, 0.1) is 0 Å². The molecule has 5 rings (SSSR count). The van der Waals surface area contributed by atoms with Gasteiger partial charge in [-0.2, -0.15) is 5.10 Å². The van der Waals surface area contributed by atoms with Crippen LogP contribution in [0.3, 0.4) is 0 Å². The summed E-state index contributed by atoms with van der Waals surface area (Å²) in [6.07, 6.45) is 0.607. The number of hydrazone groups is 1. The van der Waals surface area contributed by atoms with E-state index >= 15 is 0 Å². The van der Waals surface area contributed by atoms with Crippen LogP contribution in [0.25, 0.3) is 11.0 Å². The van der Waals surface area contributed by atoms with Gasteiger partial charge in [0.05, 0.1) is 37.1 Å². The number of ether oxygens (including phenoxy) is 2. The van der Waals surface area contributed by atoms with Crippen molar-refractivity contribution in [3.05, 3.63) is 59.9 Å². The number of para-hydroxylation sites is 2. The Morgan fingerprint density at radius 3 is 2.71 bits per heavy atom. The zero-order chi connectivity index (χ0) is 21.2. The molecule has 31 heavy (non-hydrogen) atoms. The molecule has 1 fully saturated rings. The number of imidazole rings is 1. The summed E-state index contributed by atoms with van der Waals surface area (Å²) in [6.45, 7) is 3.46. The van der Waals surface area contributed by atoms with Gasteiger partial charge in [-0.1, -0.05) is 12.1 Å². The Kier molecular flexibility index (Phi) is 5.40. The Labute approximate surface area is 180 Å². The minimum atomic E-state index is -0.252. The summed E-state index contributed by atoms with van der Waals surface area (Å²) in [4.78, 5) is 22.7. The molecule has 0 spiro atoms. The zero-order valence-electron chi connectivity index (χ0n) is 17.5. The number of nitrogens with one attached hydrogen (secondary N) is 2. The molecule has 8 nitrogen and oxygen atoms in total. The quantitative estimate of drug-likeness (QED) is 0.649. The molecule has 1 aromatic heterocycles. The van der Waals surface area contributed by atoms with E-state index in [4.69, 9.17) is 19.6 Å². The first-order valence-electron chi connectivity index (χ1n) is 10.6. The van der Waals surface area contributed by atoms with Gasteiger partial charge >= 0.3 is 0 Å². The molecule has 0 saturated carbocycles. The van der Waals surface area contributed by atoms with Crippen LogP contribution >= 0.6 is 0 Å². The third-order valence-corrected chi connectivity index (χ3v) is 5.91. The highest BCUT2D eigenvalue weighted by Gasteiger charge is 2.36. The summed E-state index contributed by atoms with van der Waals surface area (Å²) >= 11 is 0. The first-order valence-corrected chi connectivity index (χ1v) is 10.6. The molecular weight excluding hydrogens is 394 g/mol. The van der Waals surface area contributed by atoms with Crippen molar-refractivity contribution in [2.75, 3.05) is 40.0 Å². The van der Waals surface area contributed by atoms with Gasteiger partial charge in [0.15, 0.2) is 6.54 Å². The van der Waals surface area contributed by atoms with Crippen molar-refractivity contribution in [1.29, 1.82) is 0 Å². The molecule has 2 aliphatic heterocycles. The topological polar surface area (TPSA) is 84.2 Å². The summed E-state index contributed by atoms with van der Waals surface area (Å²) in [5, 5.41) is 6.39. The molecule has 0 bridgehead atoms. The number of fused-ring (bicyclic) bond motifs is 1. The number of amides is 1. The van der Waals surface area contributed by atoms with Gasteiger partial charge in [-0.3, -0.25) is 4.79 Å². The Morgan fingerprint density at radius 2 is 1.97 bits per heavy atom.